The summed E-state index contributed by atoms with van der Waals surface area (Å²) in [6.45, 7) is 5.27. The van der Waals surface area contributed by atoms with E-state index in [0.717, 1.165) is 32.1 Å². The molecule has 0 aromatic rings. The van der Waals surface area contributed by atoms with Gasteiger partial charge in [0.1, 0.15) is 0 Å². The minimum absolute atomic E-state index is 0.0855. The highest BCUT2D eigenvalue weighted by Gasteiger charge is 2.39. The van der Waals surface area contributed by atoms with E-state index in [-0.39, 0.29) is 17.7 Å². The lowest BCUT2D eigenvalue weighted by Crippen LogP contribution is -2.48. The molecule has 4 N–H and O–H groups in total. The summed E-state index contributed by atoms with van der Waals surface area (Å²) in [5.41, 5.74) is 5.49. The monoisotopic (exact) mass is 298 g/mol. The second kappa shape index (κ2) is 8.37. The number of hydrogen-bond donors (Lipinski definition) is 3. The van der Waals surface area contributed by atoms with Gasteiger partial charge in [-0.25, -0.2) is 0 Å². The standard InChI is InChI=1S/C16H30N2O3/c1-12(3-4-14(19)20)7-10-18-15(21)16(11-17)8-5-13(2)6-9-16/h12-13H,3-11,17H2,1-2H3,(H,18,21)(H,19,20). The molecule has 1 rings (SSSR count). The smallest absolute Gasteiger partial charge is 0.303 e. The van der Waals surface area contributed by atoms with Gasteiger partial charge in [-0.2, -0.15) is 0 Å². The highest BCUT2D eigenvalue weighted by molar-refractivity contribution is 5.83. The highest BCUT2D eigenvalue weighted by atomic mass is 16.4. The van der Waals surface area contributed by atoms with E-state index in [9.17, 15) is 9.59 Å². The van der Waals surface area contributed by atoms with Crippen LogP contribution in [0.3, 0.4) is 0 Å². The molecule has 1 fully saturated rings. The van der Waals surface area contributed by atoms with Crippen molar-refractivity contribution in [3.63, 3.8) is 0 Å². The van der Waals surface area contributed by atoms with Crippen LogP contribution in [0.1, 0.15) is 58.8 Å². The molecule has 0 bridgehead atoms. The number of amides is 1. The van der Waals surface area contributed by atoms with Crippen molar-refractivity contribution in [2.45, 2.75) is 58.8 Å². The Morgan fingerprint density at radius 1 is 1.33 bits per heavy atom. The molecule has 0 aromatic heterocycles. The Bertz CT molecular complexity index is 349. The van der Waals surface area contributed by atoms with Gasteiger partial charge in [0, 0.05) is 19.5 Å². The maximum Gasteiger partial charge on any atom is 0.303 e. The number of carboxylic acid groups (broad SMARTS) is 1. The zero-order valence-electron chi connectivity index (χ0n) is 13.4. The van der Waals surface area contributed by atoms with E-state index >= 15 is 0 Å². The SMILES string of the molecule is CC(CCNC(=O)C1(CN)CCC(C)CC1)CCC(=O)O. The van der Waals surface area contributed by atoms with Crippen LogP contribution < -0.4 is 11.1 Å². The minimum Gasteiger partial charge on any atom is -0.481 e. The number of nitrogens with two attached hydrogens (primary N) is 1. The molecular formula is C16H30N2O3. The summed E-state index contributed by atoms with van der Waals surface area (Å²) in [5, 5.41) is 11.7. The molecule has 1 unspecified atom stereocenters. The molecule has 1 amide bonds. The van der Waals surface area contributed by atoms with E-state index in [4.69, 9.17) is 10.8 Å². The lowest BCUT2D eigenvalue weighted by molar-refractivity contribution is -0.137. The van der Waals surface area contributed by atoms with E-state index in [1.807, 2.05) is 6.92 Å². The quantitative estimate of drug-likeness (QED) is 0.640. The first-order chi connectivity index (χ1) is 9.89. The van der Waals surface area contributed by atoms with Gasteiger partial charge in [-0.15, -0.1) is 0 Å². The van der Waals surface area contributed by atoms with Crippen LogP contribution >= 0.6 is 0 Å². The lowest BCUT2D eigenvalue weighted by Gasteiger charge is -2.37. The topological polar surface area (TPSA) is 92.4 Å². The maximum atomic E-state index is 12.4. The maximum absolute atomic E-state index is 12.4. The van der Waals surface area contributed by atoms with Gasteiger partial charge in [0.25, 0.3) is 0 Å². The summed E-state index contributed by atoms with van der Waals surface area (Å²) >= 11 is 0. The van der Waals surface area contributed by atoms with Crippen LogP contribution in [-0.4, -0.2) is 30.1 Å². The Balaban J connectivity index is 2.33. The normalized spacial score (nSPS) is 27.1. The summed E-state index contributed by atoms with van der Waals surface area (Å²) in [6, 6.07) is 0. The summed E-state index contributed by atoms with van der Waals surface area (Å²) in [7, 11) is 0. The van der Waals surface area contributed by atoms with Crippen molar-refractivity contribution in [3.05, 3.63) is 0 Å². The van der Waals surface area contributed by atoms with Gasteiger partial charge in [-0.05, 0) is 50.4 Å². The summed E-state index contributed by atoms with van der Waals surface area (Å²) in [6.07, 6.45) is 5.57. The fourth-order valence-corrected chi connectivity index (χ4v) is 2.97. The Hall–Kier alpha value is -1.10. The van der Waals surface area contributed by atoms with Crippen molar-refractivity contribution in [1.29, 1.82) is 0 Å². The molecule has 0 heterocycles. The average molecular weight is 298 g/mol. The fraction of sp³-hybridized carbons (Fsp3) is 0.875. The zero-order valence-corrected chi connectivity index (χ0v) is 13.4. The molecule has 21 heavy (non-hydrogen) atoms. The van der Waals surface area contributed by atoms with Crippen LogP contribution in [0.5, 0.6) is 0 Å². The zero-order chi connectivity index (χ0) is 15.9. The van der Waals surface area contributed by atoms with Crippen molar-refractivity contribution in [2.24, 2.45) is 23.0 Å². The molecule has 1 aliphatic rings. The van der Waals surface area contributed by atoms with E-state index in [2.05, 4.69) is 12.2 Å². The summed E-state index contributed by atoms with van der Waals surface area (Å²) in [4.78, 5) is 22.9. The average Bonchev–Trinajstić information content (AvgIpc) is 2.46. The molecule has 1 atom stereocenters. The van der Waals surface area contributed by atoms with Crippen LogP contribution in [0.25, 0.3) is 0 Å². The third-order valence-corrected chi connectivity index (χ3v) is 4.88. The van der Waals surface area contributed by atoms with Crippen LogP contribution in [0, 0.1) is 17.3 Å². The Kier molecular flexibility index (Phi) is 7.15. The number of carbonyl (C=O) groups excluding carboxylic acids is 1. The van der Waals surface area contributed by atoms with Gasteiger partial charge in [-0.1, -0.05) is 13.8 Å². The first-order valence-electron chi connectivity index (χ1n) is 8.10. The molecule has 122 valence electrons. The molecule has 1 saturated carbocycles. The predicted octanol–water partition coefficient (Wildman–Crippen LogP) is 2.15. The van der Waals surface area contributed by atoms with E-state index in [1.165, 1.54) is 0 Å². The van der Waals surface area contributed by atoms with E-state index in [1.54, 1.807) is 0 Å². The second-order valence-electron chi connectivity index (χ2n) is 6.75. The Labute approximate surface area is 127 Å². The van der Waals surface area contributed by atoms with E-state index < -0.39 is 5.97 Å². The van der Waals surface area contributed by atoms with Crippen molar-refractivity contribution < 1.29 is 14.7 Å². The molecular weight excluding hydrogens is 268 g/mol. The predicted molar refractivity (Wildman–Crippen MR) is 82.8 cm³/mol. The lowest BCUT2D eigenvalue weighted by atomic mass is 9.70. The van der Waals surface area contributed by atoms with E-state index in [0.29, 0.717) is 31.3 Å². The number of rotatable bonds is 8. The van der Waals surface area contributed by atoms with Crippen LogP contribution in [0.4, 0.5) is 0 Å². The molecule has 0 aromatic carbocycles. The highest BCUT2D eigenvalue weighted by Crippen LogP contribution is 2.38. The Morgan fingerprint density at radius 2 is 1.95 bits per heavy atom. The molecule has 1 aliphatic carbocycles. The van der Waals surface area contributed by atoms with Gasteiger partial charge in [-0.3, -0.25) is 9.59 Å². The van der Waals surface area contributed by atoms with Gasteiger partial charge in [0.15, 0.2) is 0 Å². The summed E-state index contributed by atoms with van der Waals surface area (Å²) < 4.78 is 0. The van der Waals surface area contributed by atoms with Crippen LogP contribution in [0.2, 0.25) is 0 Å². The van der Waals surface area contributed by atoms with Crippen molar-refractivity contribution in [1.82, 2.24) is 5.32 Å². The molecule has 5 heteroatoms. The van der Waals surface area contributed by atoms with Crippen molar-refractivity contribution >= 4 is 11.9 Å². The second-order valence-corrected chi connectivity index (χ2v) is 6.75. The number of carbonyl (C=O) groups is 2. The minimum atomic E-state index is -0.760. The van der Waals surface area contributed by atoms with Crippen molar-refractivity contribution in [3.8, 4) is 0 Å². The van der Waals surface area contributed by atoms with Crippen LogP contribution in [-0.2, 0) is 9.59 Å². The third kappa shape index (κ3) is 5.65. The largest absolute Gasteiger partial charge is 0.481 e. The van der Waals surface area contributed by atoms with Gasteiger partial charge >= 0.3 is 5.97 Å². The number of carboxylic acids is 1. The molecule has 0 aliphatic heterocycles. The fourth-order valence-electron chi connectivity index (χ4n) is 2.97. The number of aliphatic carboxylic acids is 1. The molecule has 0 saturated heterocycles. The molecule has 5 nitrogen and oxygen atoms in total. The third-order valence-electron chi connectivity index (χ3n) is 4.88. The van der Waals surface area contributed by atoms with Gasteiger partial charge in [0.2, 0.25) is 5.91 Å². The first kappa shape index (κ1) is 18.0. The van der Waals surface area contributed by atoms with Crippen LogP contribution in [0.15, 0.2) is 0 Å². The van der Waals surface area contributed by atoms with Gasteiger partial charge < -0.3 is 16.2 Å². The Morgan fingerprint density at radius 3 is 2.48 bits per heavy atom. The first-order valence-corrected chi connectivity index (χ1v) is 8.10. The number of hydrogen-bond acceptors (Lipinski definition) is 3. The summed E-state index contributed by atoms with van der Waals surface area (Å²) in [5.74, 6) is 0.321. The number of nitrogens with one attached hydrogen (secondary N) is 1. The molecule has 0 radical (unpaired) electrons. The van der Waals surface area contributed by atoms with Gasteiger partial charge in [0.05, 0.1) is 5.41 Å². The molecule has 0 spiro atoms. The van der Waals surface area contributed by atoms with Crippen molar-refractivity contribution in [2.75, 3.05) is 13.1 Å².